The number of aliphatic hydroxyl groups excluding tert-OH is 3. The van der Waals surface area contributed by atoms with E-state index < -0.39 is 30.0 Å². The molecule has 0 spiro atoms. The van der Waals surface area contributed by atoms with Gasteiger partial charge in [0.1, 0.15) is 6.10 Å². The highest BCUT2D eigenvalue weighted by Crippen LogP contribution is 2.30. The van der Waals surface area contributed by atoms with Crippen LogP contribution in [0.4, 0.5) is 0 Å². The van der Waals surface area contributed by atoms with E-state index in [1.54, 1.807) is 6.08 Å². The molecule has 0 fully saturated rings. The molecule has 0 saturated heterocycles. The van der Waals surface area contributed by atoms with Gasteiger partial charge in [-0.2, -0.15) is 0 Å². The lowest BCUT2D eigenvalue weighted by Gasteiger charge is -2.35. The van der Waals surface area contributed by atoms with E-state index in [4.69, 9.17) is 0 Å². The zero-order valence-corrected chi connectivity index (χ0v) is 14.0. The van der Waals surface area contributed by atoms with Crippen molar-refractivity contribution in [3.05, 3.63) is 48.6 Å². The zero-order chi connectivity index (χ0) is 17.4. The topological polar surface area (TPSA) is 77.8 Å². The van der Waals surface area contributed by atoms with Gasteiger partial charge in [-0.15, -0.1) is 0 Å². The average Bonchev–Trinajstić information content (AvgIpc) is 2.53. The second-order valence-electron chi connectivity index (χ2n) is 6.12. The monoisotopic (exact) mass is 320 g/mol. The molecule has 0 aromatic rings. The molecule has 0 aliphatic heterocycles. The Balaban J connectivity index is 2.77. The van der Waals surface area contributed by atoms with Crippen LogP contribution in [0, 0.1) is 17.8 Å². The van der Waals surface area contributed by atoms with Crippen LogP contribution >= 0.6 is 0 Å². The highest BCUT2D eigenvalue weighted by Gasteiger charge is 2.39. The lowest BCUT2D eigenvalue weighted by Crippen LogP contribution is -2.47. The van der Waals surface area contributed by atoms with E-state index in [-0.39, 0.29) is 5.92 Å². The Morgan fingerprint density at radius 1 is 1.17 bits per heavy atom. The number of hydrogen-bond donors (Lipinski definition) is 3. The zero-order valence-electron chi connectivity index (χ0n) is 14.0. The number of hydrogen-bond acceptors (Lipinski definition) is 4. The van der Waals surface area contributed by atoms with Crippen LogP contribution in [0.3, 0.4) is 0 Å². The first kappa shape index (κ1) is 19.6. The van der Waals surface area contributed by atoms with E-state index in [2.05, 4.69) is 19.9 Å². The van der Waals surface area contributed by atoms with E-state index in [9.17, 15) is 20.1 Å². The van der Waals surface area contributed by atoms with Crippen molar-refractivity contribution in [1.82, 2.24) is 0 Å². The third kappa shape index (κ3) is 5.90. The van der Waals surface area contributed by atoms with Gasteiger partial charge in [0.2, 0.25) is 0 Å². The van der Waals surface area contributed by atoms with Crippen molar-refractivity contribution in [2.45, 2.75) is 45.5 Å². The molecular formula is C19H28O4. The fraction of sp³-hybridized carbons (Fsp3) is 0.526. The van der Waals surface area contributed by atoms with E-state index in [0.29, 0.717) is 5.92 Å². The second kappa shape index (κ2) is 9.60. The lowest BCUT2D eigenvalue weighted by molar-refractivity contribution is -0.134. The molecule has 1 aliphatic carbocycles. The molecule has 0 aromatic carbocycles. The summed E-state index contributed by atoms with van der Waals surface area (Å²) in [4.78, 5) is 11.4. The Hall–Kier alpha value is -1.49. The van der Waals surface area contributed by atoms with Gasteiger partial charge in [-0.1, -0.05) is 68.9 Å². The molecular weight excluding hydrogens is 292 g/mol. The van der Waals surface area contributed by atoms with Crippen LogP contribution in [0.2, 0.25) is 0 Å². The highest BCUT2D eigenvalue weighted by molar-refractivity contribution is 5.80. The summed E-state index contributed by atoms with van der Waals surface area (Å²) < 4.78 is 0. The third-order valence-corrected chi connectivity index (χ3v) is 4.25. The number of allylic oxidation sites excluding steroid dienone is 7. The molecule has 6 atom stereocenters. The molecule has 0 amide bonds. The maximum atomic E-state index is 11.4. The quantitative estimate of drug-likeness (QED) is 0.496. The number of ketones is 1. The summed E-state index contributed by atoms with van der Waals surface area (Å²) in [5.74, 6) is -0.929. The molecule has 6 unspecified atom stereocenters. The third-order valence-electron chi connectivity index (χ3n) is 4.25. The molecule has 1 rings (SSSR count). The largest absolute Gasteiger partial charge is 0.390 e. The van der Waals surface area contributed by atoms with Crippen molar-refractivity contribution >= 4 is 5.78 Å². The molecule has 1 aliphatic rings. The van der Waals surface area contributed by atoms with Crippen molar-refractivity contribution in [3.8, 4) is 0 Å². The van der Waals surface area contributed by atoms with E-state index >= 15 is 0 Å². The number of carbonyl (C=O) groups is 1. The number of Topliss-reactive ketones (excluding diaryl/α,β-unsaturated/α-hetero) is 1. The predicted octanol–water partition coefficient (Wildman–Crippen LogP) is 2.17. The van der Waals surface area contributed by atoms with Gasteiger partial charge < -0.3 is 15.3 Å². The van der Waals surface area contributed by atoms with Crippen LogP contribution in [-0.4, -0.2) is 39.4 Å². The first-order chi connectivity index (χ1) is 10.9. The molecule has 128 valence electrons. The fourth-order valence-electron chi connectivity index (χ4n) is 2.51. The van der Waals surface area contributed by atoms with Crippen LogP contribution < -0.4 is 0 Å². The van der Waals surface area contributed by atoms with Gasteiger partial charge in [0, 0.05) is 11.8 Å². The Kier molecular flexibility index (Phi) is 8.17. The van der Waals surface area contributed by atoms with Gasteiger partial charge in [-0.25, -0.2) is 0 Å². The normalized spacial score (nSPS) is 31.2. The summed E-state index contributed by atoms with van der Waals surface area (Å²) in [7, 11) is 0. The fourth-order valence-corrected chi connectivity index (χ4v) is 2.51. The van der Waals surface area contributed by atoms with Crippen molar-refractivity contribution in [1.29, 1.82) is 0 Å². The summed E-state index contributed by atoms with van der Waals surface area (Å²) >= 11 is 0. The summed E-state index contributed by atoms with van der Waals surface area (Å²) in [5.41, 5.74) is 0. The Morgan fingerprint density at radius 2 is 1.83 bits per heavy atom. The van der Waals surface area contributed by atoms with E-state index in [1.165, 1.54) is 13.0 Å². The number of carbonyl (C=O) groups excluding carboxylic acids is 1. The van der Waals surface area contributed by atoms with Crippen molar-refractivity contribution in [2.24, 2.45) is 17.8 Å². The first-order valence-electron chi connectivity index (χ1n) is 8.13. The minimum Gasteiger partial charge on any atom is -0.390 e. The van der Waals surface area contributed by atoms with Gasteiger partial charge >= 0.3 is 0 Å². The maximum Gasteiger partial charge on any atom is 0.158 e. The highest BCUT2D eigenvalue weighted by atomic mass is 16.3. The van der Waals surface area contributed by atoms with Crippen LogP contribution in [0.5, 0.6) is 0 Å². The Bertz CT molecular complexity index is 490. The minimum absolute atomic E-state index is 0.310. The number of rotatable bonds is 7. The summed E-state index contributed by atoms with van der Waals surface area (Å²) in [6.07, 6.45) is 12.3. The molecule has 0 bridgehead atoms. The Morgan fingerprint density at radius 3 is 2.43 bits per heavy atom. The lowest BCUT2D eigenvalue weighted by atomic mass is 9.76. The molecule has 0 aromatic heterocycles. The summed E-state index contributed by atoms with van der Waals surface area (Å²) in [6, 6.07) is 0. The maximum absolute atomic E-state index is 11.4. The molecule has 23 heavy (non-hydrogen) atoms. The van der Waals surface area contributed by atoms with Gasteiger partial charge in [-0.3, -0.25) is 4.79 Å². The second-order valence-corrected chi connectivity index (χ2v) is 6.12. The smallest absolute Gasteiger partial charge is 0.158 e. The molecule has 4 nitrogen and oxygen atoms in total. The van der Waals surface area contributed by atoms with Gasteiger partial charge in [0.15, 0.2) is 5.78 Å². The molecule has 4 heteroatoms. The van der Waals surface area contributed by atoms with Gasteiger partial charge in [0.05, 0.1) is 12.2 Å². The van der Waals surface area contributed by atoms with Crippen molar-refractivity contribution in [3.63, 3.8) is 0 Å². The van der Waals surface area contributed by atoms with Gasteiger partial charge in [0.25, 0.3) is 0 Å². The Labute approximate surface area is 138 Å². The number of aliphatic hydroxyl groups is 3. The first-order valence-corrected chi connectivity index (χ1v) is 8.13. The van der Waals surface area contributed by atoms with Crippen LogP contribution in [0.1, 0.15) is 27.2 Å². The molecule has 0 radical (unpaired) electrons. The predicted molar refractivity (Wildman–Crippen MR) is 91.7 cm³/mol. The molecule has 3 N–H and O–H groups in total. The summed E-state index contributed by atoms with van der Waals surface area (Å²) in [6.45, 7) is 5.56. The van der Waals surface area contributed by atoms with Crippen molar-refractivity contribution < 1.29 is 20.1 Å². The van der Waals surface area contributed by atoms with Crippen molar-refractivity contribution in [2.75, 3.05) is 0 Å². The minimum atomic E-state index is -1.30. The van der Waals surface area contributed by atoms with Gasteiger partial charge in [-0.05, 0) is 12.8 Å². The summed E-state index contributed by atoms with van der Waals surface area (Å²) in [5, 5.41) is 29.8. The average molecular weight is 320 g/mol. The van der Waals surface area contributed by atoms with Crippen LogP contribution in [0.25, 0.3) is 0 Å². The van der Waals surface area contributed by atoms with E-state index in [0.717, 1.165) is 6.42 Å². The SMILES string of the molecule is CCC(C)C=CC=CC=CC1C=CC(O)C(O)C1C(O)C(C)=O. The van der Waals surface area contributed by atoms with Crippen LogP contribution in [0.15, 0.2) is 48.6 Å². The standard InChI is InChI=1S/C19H28O4/c1-4-13(2)9-7-5-6-8-10-15-11-12-16(21)19(23)17(15)18(22)14(3)20/h5-13,15-19,21-23H,4H2,1-3H3. The van der Waals surface area contributed by atoms with Crippen LogP contribution in [-0.2, 0) is 4.79 Å². The molecule has 0 saturated carbocycles. The van der Waals surface area contributed by atoms with E-state index in [1.807, 2.05) is 30.4 Å². The molecule has 0 heterocycles.